The number of benzene rings is 1. The second-order valence-electron chi connectivity index (χ2n) is 5.52. The highest BCUT2D eigenvalue weighted by molar-refractivity contribution is 7.89. The van der Waals surface area contributed by atoms with Gasteiger partial charge >= 0.3 is 0 Å². The smallest absolute Gasteiger partial charge is 0.238 e. The van der Waals surface area contributed by atoms with E-state index >= 15 is 0 Å². The summed E-state index contributed by atoms with van der Waals surface area (Å²) in [5.41, 5.74) is 1.88. The minimum absolute atomic E-state index is 0.156. The van der Waals surface area contributed by atoms with E-state index in [0.29, 0.717) is 12.0 Å². The molecule has 0 fully saturated rings. The molecule has 0 saturated heterocycles. The van der Waals surface area contributed by atoms with Crippen LogP contribution in [-0.2, 0) is 10.0 Å². The van der Waals surface area contributed by atoms with Gasteiger partial charge in [-0.3, -0.25) is 0 Å². The average molecular weight is 298 g/mol. The zero-order valence-corrected chi connectivity index (χ0v) is 13.6. The van der Waals surface area contributed by atoms with E-state index < -0.39 is 10.0 Å². The zero-order chi connectivity index (χ0) is 15.3. The lowest BCUT2D eigenvalue weighted by Crippen LogP contribution is -2.22. The van der Waals surface area contributed by atoms with Crippen LogP contribution in [0.25, 0.3) is 0 Å². The van der Waals surface area contributed by atoms with Gasteiger partial charge in [-0.1, -0.05) is 33.3 Å². The van der Waals surface area contributed by atoms with Crippen molar-refractivity contribution in [2.45, 2.75) is 57.9 Å². The van der Waals surface area contributed by atoms with Crippen molar-refractivity contribution < 1.29 is 8.42 Å². The van der Waals surface area contributed by atoms with E-state index in [0.717, 1.165) is 30.5 Å². The lowest BCUT2D eigenvalue weighted by atomic mass is 9.97. The molecule has 3 N–H and O–H groups in total. The monoisotopic (exact) mass is 298 g/mol. The van der Waals surface area contributed by atoms with E-state index in [9.17, 15) is 8.42 Å². The lowest BCUT2D eigenvalue weighted by Gasteiger charge is -2.23. The third-order valence-corrected chi connectivity index (χ3v) is 4.68. The number of aryl methyl sites for hydroxylation is 1. The molecule has 1 rings (SSSR count). The van der Waals surface area contributed by atoms with Crippen LogP contribution in [0, 0.1) is 12.8 Å². The summed E-state index contributed by atoms with van der Waals surface area (Å²) in [5.74, 6) is 0.647. The molecule has 0 aliphatic rings. The summed E-state index contributed by atoms with van der Waals surface area (Å²) >= 11 is 0. The Morgan fingerprint density at radius 1 is 1.25 bits per heavy atom. The van der Waals surface area contributed by atoms with E-state index in [1.165, 1.54) is 0 Å². The summed E-state index contributed by atoms with van der Waals surface area (Å²) in [6.45, 7) is 8.52. The summed E-state index contributed by atoms with van der Waals surface area (Å²) in [6.07, 6.45) is 3.23. The summed E-state index contributed by atoms with van der Waals surface area (Å²) in [4.78, 5) is 0.156. The highest BCUT2D eigenvalue weighted by Gasteiger charge is 2.14. The van der Waals surface area contributed by atoms with E-state index in [1.807, 2.05) is 6.92 Å². The minimum Gasteiger partial charge on any atom is -0.382 e. The number of nitrogens with one attached hydrogen (secondary N) is 1. The summed E-state index contributed by atoms with van der Waals surface area (Å²) in [5, 5.41) is 8.64. The highest BCUT2D eigenvalue weighted by atomic mass is 32.2. The first-order chi connectivity index (χ1) is 9.27. The third kappa shape index (κ3) is 4.80. The molecule has 0 bridgehead atoms. The van der Waals surface area contributed by atoms with Gasteiger partial charge in [0, 0.05) is 11.7 Å². The van der Waals surface area contributed by atoms with Gasteiger partial charge in [0.15, 0.2) is 0 Å². The van der Waals surface area contributed by atoms with E-state index in [1.54, 1.807) is 18.2 Å². The fraction of sp³-hybridized carbons (Fsp3) is 0.600. The molecule has 0 aromatic heterocycles. The van der Waals surface area contributed by atoms with Crippen LogP contribution in [0.1, 0.15) is 45.6 Å². The van der Waals surface area contributed by atoms with Crippen LogP contribution in [0.5, 0.6) is 0 Å². The number of primary sulfonamides is 1. The predicted octanol–water partition coefficient (Wildman–Crippen LogP) is 3.27. The molecule has 1 aromatic rings. The van der Waals surface area contributed by atoms with Crippen molar-refractivity contribution in [2.24, 2.45) is 11.1 Å². The van der Waals surface area contributed by atoms with Crippen molar-refractivity contribution in [3.05, 3.63) is 23.8 Å². The predicted molar refractivity (Wildman–Crippen MR) is 84.3 cm³/mol. The van der Waals surface area contributed by atoms with E-state index in [-0.39, 0.29) is 4.90 Å². The van der Waals surface area contributed by atoms with Gasteiger partial charge in [-0.2, -0.15) is 0 Å². The van der Waals surface area contributed by atoms with Gasteiger partial charge in [0.25, 0.3) is 0 Å². The minimum atomic E-state index is -3.65. The number of hydrogen-bond acceptors (Lipinski definition) is 3. The molecule has 5 heteroatoms. The number of anilines is 1. The normalized spacial score (nSPS) is 14.8. The van der Waals surface area contributed by atoms with Crippen molar-refractivity contribution in [3.8, 4) is 0 Å². The molecular weight excluding hydrogens is 272 g/mol. The summed E-state index contributed by atoms with van der Waals surface area (Å²) in [7, 11) is -3.65. The largest absolute Gasteiger partial charge is 0.382 e. The van der Waals surface area contributed by atoms with Crippen molar-refractivity contribution in [1.29, 1.82) is 0 Å². The van der Waals surface area contributed by atoms with Crippen LogP contribution in [0.3, 0.4) is 0 Å². The molecular formula is C15H26N2O2S. The molecule has 114 valence electrons. The standard InChI is InChI=1S/C15H26N2O2S/c1-5-11(3)9-13(6-2)17-15-10-14(20(16,18)19)8-7-12(15)4/h7-8,10-11,13,17H,5-6,9H2,1-4H3,(H2,16,18,19). The van der Waals surface area contributed by atoms with Crippen molar-refractivity contribution >= 4 is 15.7 Å². The van der Waals surface area contributed by atoms with Crippen LogP contribution < -0.4 is 10.5 Å². The van der Waals surface area contributed by atoms with Crippen LogP contribution >= 0.6 is 0 Å². The molecule has 2 unspecified atom stereocenters. The lowest BCUT2D eigenvalue weighted by molar-refractivity contribution is 0.461. The molecule has 0 amide bonds. The second-order valence-corrected chi connectivity index (χ2v) is 7.08. The van der Waals surface area contributed by atoms with Crippen LogP contribution in [0.15, 0.2) is 23.1 Å². The first kappa shape index (κ1) is 17.0. The van der Waals surface area contributed by atoms with Gasteiger partial charge in [0.1, 0.15) is 0 Å². The van der Waals surface area contributed by atoms with Gasteiger partial charge in [-0.05, 0) is 43.4 Å². The van der Waals surface area contributed by atoms with Crippen LogP contribution in [0.2, 0.25) is 0 Å². The van der Waals surface area contributed by atoms with E-state index in [4.69, 9.17) is 5.14 Å². The van der Waals surface area contributed by atoms with Gasteiger partial charge in [-0.25, -0.2) is 13.6 Å². The molecule has 0 aliphatic carbocycles. The first-order valence-corrected chi connectivity index (χ1v) is 8.72. The molecule has 0 saturated carbocycles. The maximum atomic E-state index is 11.4. The number of rotatable bonds is 7. The Hall–Kier alpha value is -1.07. The van der Waals surface area contributed by atoms with Gasteiger partial charge in [-0.15, -0.1) is 0 Å². The average Bonchev–Trinajstić information content (AvgIpc) is 2.38. The van der Waals surface area contributed by atoms with Crippen LogP contribution in [-0.4, -0.2) is 14.5 Å². The first-order valence-electron chi connectivity index (χ1n) is 7.17. The molecule has 2 atom stereocenters. The zero-order valence-electron chi connectivity index (χ0n) is 12.8. The number of hydrogen-bond donors (Lipinski definition) is 2. The fourth-order valence-electron chi connectivity index (χ4n) is 2.13. The third-order valence-electron chi connectivity index (χ3n) is 3.77. The Balaban J connectivity index is 2.95. The fourth-order valence-corrected chi connectivity index (χ4v) is 2.67. The Morgan fingerprint density at radius 3 is 2.40 bits per heavy atom. The Bertz CT molecular complexity index is 541. The second kappa shape index (κ2) is 7.09. The Labute approximate surface area is 122 Å². The Kier molecular flexibility index (Phi) is 6.02. The summed E-state index contributed by atoms with van der Waals surface area (Å²) in [6, 6.07) is 5.31. The van der Waals surface area contributed by atoms with Crippen molar-refractivity contribution in [2.75, 3.05) is 5.32 Å². The Morgan fingerprint density at radius 2 is 1.90 bits per heavy atom. The maximum Gasteiger partial charge on any atom is 0.238 e. The molecule has 0 aliphatic heterocycles. The van der Waals surface area contributed by atoms with Crippen molar-refractivity contribution in [3.63, 3.8) is 0 Å². The number of nitrogens with two attached hydrogens (primary N) is 1. The quantitative estimate of drug-likeness (QED) is 0.811. The summed E-state index contributed by atoms with van der Waals surface area (Å²) < 4.78 is 22.9. The molecule has 0 radical (unpaired) electrons. The molecule has 4 nitrogen and oxygen atoms in total. The maximum absolute atomic E-state index is 11.4. The molecule has 1 aromatic carbocycles. The molecule has 20 heavy (non-hydrogen) atoms. The van der Waals surface area contributed by atoms with E-state index in [2.05, 4.69) is 26.1 Å². The van der Waals surface area contributed by atoms with Gasteiger partial charge in [0.05, 0.1) is 4.90 Å². The van der Waals surface area contributed by atoms with Gasteiger partial charge in [0.2, 0.25) is 10.0 Å². The SMILES string of the molecule is CCC(C)CC(CC)Nc1cc(S(N)(=O)=O)ccc1C. The molecule has 0 spiro atoms. The van der Waals surface area contributed by atoms with Crippen molar-refractivity contribution in [1.82, 2.24) is 0 Å². The van der Waals surface area contributed by atoms with Crippen LogP contribution in [0.4, 0.5) is 5.69 Å². The topological polar surface area (TPSA) is 72.2 Å². The molecule has 0 heterocycles. The highest BCUT2D eigenvalue weighted by Crippen LogP contribution is 2.23. The van der Waals surface area contributed by atoms with Gasteiger partial charge < -0.3 is 5.32 Å². The number of sulfonamides is 1.